The van der Waals surface area contributed by atoms with E-state index < -0.39 is 11.6 Å². The molecule has 0 radical (unpaired) electrons. The van der Waals surface area contributed by atoms with Crippen molar-refractivity contribution in [1.29, 1.82) is 0 Å². The predicted octanol–water partition coefficient (Wildman–Crippen LogP) is 4.48. The summed E-state index contributed by atoms with van der Waals surface area (Å²) in [6.07, 6.45) is 7.52. The van der Waals surface area contributed by atoms with E-state index >= 15 is 0 Å². The molecule has 1 aliphatic carbocycles. The summed E-state index contributed by atoms with van der Waals surface area (Å²) in [4.78, 5) is 14.5. The Kier molecular flexibility index (Phi) is 9.41. The van der Waals surface area contributed by atoms with Gasteiger partial charge in [-0.1, -0.05) is 6.07 Å². The first kappa shape index (κ1) is 24.3. The van der Waals surface area contributed by atoms with Gasteiger partial charge in [-0.15, -0.1) is 11.8 Å². The number of carbonyl (C=O) groups excluding carboxylic acids is 1. The van der Waals surface area contributed by atoms with E-state index in [9.17, 15) is 13.6 Å². The van der Waals surface area contributed by atoms with Crippen LogP contribution in [-0.2, 0) is 4.74 Å². The Balaban J connectivity index is 1.56. The molecule has 1 heterocycles. The SMILES string of the molecule is CCNC(=O)N1CCC[C@H](NCSC)[C@@H]1COC1CCC(c2ccc(F)cc2F)CC1. The summed E-state index contributed by atoms with van der Waals surface area (Å²) in [7, 11) is 0. The molecule has 1 saturated carbocycles. The summed E-state index contributed by atoms with van der Waals surface area (Å²) in [5.74, 6) is -0.0319. The smallest absolute Gasteiger partial charge is 0.317 e. The number of nitrogens with one attached hydrogen (secondary N) is 2. The van der Waals surface area contributed by atoms with Crippen LogP contribution in [0.1, 0.15) is 56.9 Å². The van der Waals surface area contributed by atoms with Gasteiger partial charge in [0.25, 0.3) is 0 Å². The molecule has 0 aromatic heterocycles. The third-order valence-electron chi connectivity index (χ3n) is 6.44. The average molecular weight is 456 g/mol. The summed E-state index contributed by atoms with van der Waals surface area (Å²) in [6.45, 7) is 3.78. The van der Waals surface area contributed by atoms with Crippen LogP contribution >= 0.6 is 11.8 Å². The number of piperidine rings is 1. The molecule has 2 N–H and O–H groups in total. The number of ether oxygens (including phenoxy) is 1. The first-order valence-corrected chi connectivity index (χ1v) is 12.8. The summed E-state index contributed by atoms with van der Waals surface area (Å²) in [6, 6.07) is 4.07. The van der Waals surface area contributed by atoms with E-state index in [0.717, 1.165) is 57.0 Å². The first-order chi connectivity index (χ1) is 15.0. The van der Waals surface area contributed by atoms with Crippen LogP contribution in [0, 0.1) is 11.6 Å². The fraction of sp³-hybridized carbons (Fsp3) is 0.696. The molecule has 3 rings (SSSR count). The van der Waals surface area contributed by atoms with Crippen molar-refractivity contribution in [3.05, 3.63) is 35.4 Å². The van der Waals surface area contributed by atoms with E-state index in [1.807, 2.05) is 11.8 Å². The van der Waals surface area contributed by atoms with Gasteiger partial charge >= 0.3 is 6.03 Å². The third-order valence-corrected chi connectivity index (χ3v) is 6.89. The zero-order chi connectivity index (χ0) is 22.2. The Bertz CT molecular complexity index is 716. The standard InChI is InChI=1S/C23H35F2N3O2S/c1-3-26-23(29)28-12-4-5-21(27-15-31-2)22(28)14-30-18-9-6-16(7-10-18)19-11-8-17(24)13-20(19)25/h8,11,13,16,18,21-22,27H,3-7,9-10,12,14-15H2,1-2H3,(H,26,29)/t16?,18?,21-,22-/m0/s1. The molecule has 174 valence electrons. The van der Waals surface area contributed by atoms with E-state index in [0.29, 0.717) is 18.7 Å². The van der Waals surface area contributed by atoms with Crippen LogP contribution in [0.15, 0.2) is 18.2 Å². The Morgan fingerprint density at radius 2 is 2.00 bits per heavy atom. The molecule has 0 bridgehead atoms. The minimum atomic E-state index is -0.535. The molecule has 1 aliphatic heterocycles. The van der Waals surface area contributed by atoms with Gasteiger partial charge in [-0.2, -0.15) is 0 Å². The zero-order valence-corrected chi connectivity index (χ0v) is 19.4. The molecule has 2 fully saturated rings. The van der Waals surface area contributed by atoms with E-state index in [-0.39, 0.29) is 30.1 Å². The largest absolute Gasteiger partial charge is 0.376 e. The third kappa shape index (κ3) is 6.56. The van der Waals surface area contributed by atoms with Gasteiger partial charge in [0.1, 0.15) is 11.6 Å². The summed E-state index contributed by atoms with van der Waals surface area (Å²) in [5.41, 5.74) is 0.607. The van der Waals surface area contributed by atoms with Gasteiger partial charge in [0.15, 0.2) is 0 Å². The van der Waals surface area contributed by atoms with Gasteiger partial charge in [-0.05, 0) is 69.3 Å². The second kappa shape index (κ2) is 12.0. The van der Waals surface area contributed by atoms with Crippen molar-refractivity contribution >= 4 is 17.8 Å². The molecule has 2 aliphatic rings. The minimum Gasteiger partial charge on any atom is -0.376 e. The molecule has 2 amide bonds. The molecular formula is C23H35F2N3O2S. The van der Waals surface area contributed by atoms with Crippen LogP contribution in [0.4, 0.5) is 13.6 Å². The zero-order valence-electron chi connectivity index (χ0n) is 18.5. The highest BCUT2D eigenvalue weighted by Gasteiger charge is 2.35. The molecule has 5 nitrogen and oxygen atoms in total. The van der Waals surface area contributed by atoms with Crippen molar-refractivity contribution in [3.63, 3.8) is 0 Å². The van der Waals surface area contributed by atoms with Crippen molar-refractivity contribution in [2.45, 2.75) is 69.6 Å². The number of halogens is 2. The highest BCUT2D eigenvalue weighted by molar-refractivity contribution is 7.98. The maximum absolute atomic E-state index is 14.1. The number of likely N-dealkylation sites (tertiary alicyclic amines) is 1. The van der Waals surface area contributed by atoms with E-state index in [4.69, 9.17) is 4.74 Å². The van der Waals surface area contributed by atoms with Crippen molar-refractivity contribution in [1.82, 2.24) is 15.5 Å². The van der Waals surface area contributed by atoms with Crippen molar-refractivity contribution in [2.24, 2.45) is 0 Å². The lowest BCUT2D eigenvalue weighted by Crippen LogP contribution is -2.60. The second-order valence-electron chi connectivity index (χ2n) is 8.45. The molecule has 0 spiro atoms. The van der Waals surface area contributed by atoms with Gasteiger partial charge in [0.2, 0.25) is 0 Å². The minimum absolute atomic E-state index is 0.000263. The highest BCUT2D eigenvalue weighted by Crippen LogP contribution is 2.35. The maximum atomic E-state index is 14.1. The molecular weight excluding hydrogens is 420 g/mol. The number of hydrogen-bond donors (Lipinski definition) is 2. The van der Waals surface area contributed by atoms with E-state index in [1.54, 1.807) is 17.8 Å². The van der Waals surface area contributed by atoms with Gasteiger partial charge < -0.3 is 20.3 Å². The number of amides is 2. The molecule has 1 aromatic carbocycles. The quantitative estimate of drug-likeness (QED) is 0.568. The number of thioether (sulfide) groups is 1. The lowest BCUT2D eigenvalue weighted by molar-refractivity contribution is -0.0191. The number of rotatable bonds is 8. The summed E-state index contributed by atoms with van der Waals surface area (Å²) < 4.78 is 33.6. The van der Waals surface area contributed by atoms with Crippen LogP contribution in [0.25, 0.3) is 0 Å². The number of benzene rings is 1. The van der Waals surface area contributed by atoms with Crippen molar-refractivity contribution in [3.8, 4) is 0 Å². The molecule has 8 heteroatoms. The number of carbonyl (C=O) groups is 1. The molecule has 0 unspecified atom stereocenters. The second-order valence-corrected chi connectivity index (χ2v) is 9.32. The van der Waals surface area contributed by atoms with Crippen LogP contribution in [0.3, 0.4) is 0 Å². The van der Waals surface area contributed by atoms with Crippen LogP contribution in [-0.4, -0.2) is 60.9 Å². The number of urea groups is 1. The first-order valence-electron chi connectivity index (χ1n) is 11.4. The fourth-order valence-corrected chi connectivity index (χ4v) is 5.18. The molecule has 31 heavy (non-hydrogen) atoms. The van der Waals surface area contributed by atoms with Crippen molar-refractivity contribution in [2.75, 3.05) is 31.8 Å². The lowest BCUT2D eigenvalue weighted by Gasteiger charge is -2.42. The molecule has 2 atom stereocenters. The van der Waals surface area contributed by atoms with E-state index in [2.05, 4.69) is 16.9 Å². The Labute approximate surface area is 188 Å². The molecule has 1 aromatic rings. The topological polar surface area (TPSA) is 53.6 Å². The lowest BCUT2D eigenvalue weighted by atomic mass is 9.82. The van der Waals surface area contributed by atoms with Crippen LogP contribution in [0.5, 0.6) is 0 Å². The normalized spacial score (nSPS) is 26.6. The highest BCUT2D eigenvalue weighted by atomic mass is 32.2. The number of hydrogen-bond acceptors (Lipinski definition) is 4. The fourth-order valence-electron chi connectivity index (χ4n) is 4.80. The van der Waals surface area contributed by atoms with Gasteiger partial charge in [-0.3, -0.25) is 0 Å². The average Bonchev–Trinajstić information content (AvgIpc) is 2.77. The van der Waals surface area contributed by atoms with E-state index in [1.165, 1.54) is 6.07 Å². The van der Waals surface area contributed by atoms with Crippen LogP contribution in [0.2, 0.25) is 0 Å². The van der Waals surface area contributed by atoms with Gasteiger partial charge in [-0.25, -0.2) is 13.6 Å². The summed E-state index contributed by atoms with van der Waals surface area (Å²) in [5, 5.41) is 6.49. The number of nitrogens with zero attached hydrogens (tertiary/aromatic N) is 1. The Hall–Kier alpha value is -1.38. The Morgan fingerprint density at radius 3 is 2.68 bits per heavy atom. The van der Waals surface area contributed by atoms with Crippen LogP contribution < -0.4 is 10.6 Å². The summed E-state index contributed by atoms with van der Waals surface area (Å²) >= 11 is 1.74. The Morgan fingerprint density at radius 1 is 1.23 bits per heavy atom. The van der Waals surface area contributed by atoms with Gasteiger partial charge in [0.05, 0.1) is 18.8 Å². The predicted molar refractivity (Wildman–Crippen MR) is 121 cm³/mol. The van der Waals surface area contributed by atoms with Gasteiger partial charge in [0, 0.05) is 31.1 Å². The maximum Gasteiger partial charge on any atom is 0.317 e. The monoisotopic (exact) mass is 455 g/mol. The van der Waals surface area contributed by atoms with Crippen molar-refractivity contribution < 1.29 is 18.3 Å². The molecule has 1 saturated heterocycles.